The average Bonchev–Trinajstić information content (AvgIpc) is 3.48. The van der Waals surface area contributed by atoms with Crippen molar-refractivity contribution >= 4 is 16.8 Å². The lowest BCUT2D eigenvalue weighted by atomic mass is 10.0. The van der Waals surface area contributed by atoms with E-state index in [1.165, 1.54) is 10.9 Å². The van der Waals surface area contributed by atoms with Crippen molar-refractivity contribution in [2.75, 3.05) is 26.2 Å². The molecule has 7 nitrogen and oxygen atoms in total. The van der Waals surface area contributed by atoms with Gasteiger partial charge in [-0.2, -0.15) is 0 Å². The Morgan fingerprint density at radius 3 is 2.83 bits per heavy atom. The van der Waals surface area contributed by atoms with Crippen LogP contribution in [0, 0.1) is 0 Å². The van der Waals surface area contributed by atoms with Gasteiger partial charge in [-0.05, 0) is 37.4 Å². The summed E-state index contributed by atoms with van der Waals surface area (Å²) in [6.07, 6.45) is 5.85. The first-order valence-corrected chi connectivity index (χ1v) is 10.5. The van der Waals surface area contributed by atoms with Crippen LogP contribution in [0.2, 0.25) is 0 Å². The molecule has 2 saturated heterocycles. The number of nitrogens with zero attached hydrogens (tertiary/aromatic N) is 4. The quantitative estimate of drug-likeness (QED) is 0.737. The van der Waals surface area contributed by atoms with Crippen LogP contribution in [-0.4, -0.2) is 63.1 Å². The second kappa shape index (κ2) is 7.63. The van der Waals surface area contributed by atoms with Gasteiger partial charge in [0.05, 0.1) is 12.3 Å². The summed E-state index contributed by atoms with van der Waals surface area (Å²) in [5, 5.41) is 9.89. The number of hydrogen-bond acceptors (Lipinski definition) is 5. The summed E-state index contributed by atoms with van der Waals surface area (Å²) < 4.78 is 6.06. The number of carbonyl (C=O) groups is 1. The highest BCUT2D eigenvalue weighted by Crippen LogP contribution is 2.31. The molecule has 2 fully saturated rings. The predicted molar refractivity (Wildman–Crippen MR) is 110 cm³/mol. The van der Waals surface area contributed by atoms with Crippen molar-refractivity contribution < 1.29 is 9.21 Å². The van der Waals surface area contributed by atoms with Gasteiger partial charge in [-0.3, -0.25) is 9.69 Å². The molecule has 0 bridgehead atoms. The van der Waals surface area contributed by atoms with Crippen LogP contribution in [0.1, 0.15) is 49.4 Å². The normalized spacial score (nSPS) is 21.3. The van der Waals surface area contributed by atoms with E-state index >= 15 is 0 Å². The molecule has 1 atom stereocenters. The smallest absolute Gasteiger partial charge is 0.221 e. The van der Waals surface area contributed by atoms with Crippen molar-refractivity contribution in [1.82, 2.24) is 25.0 Å². The standard InChI is InChI=1S/C22H27N5O2/c1-15(28)26-10-7-18(8-11-26)27-9-6-16(14-27)22-25-24-21(29-22)12-17-13-23-20-5-3-2-4-19(17)20/h2-5,13,16,18,23H,6-12,14H2,1H3/t16-/m0/s1. The molecule has 7 heteroatoms. The van der Waals surface area contributed by atoms with E-state index in [4.69, 9.17) is 4.42 Å². The van der Waals surface area contributed by atoms with Gasteiger partial charge in [0.1, 0.15) is 0 Å². The average molecular weight is 393 g/mol. The van der Waals surface area contributed by atoms with E-state index in [1.807, 2.05) is 23.2 Å². The monoisotopic (exact) mass is 393 g/mol. The van der Waals surface area contributed by atoms with Crippen molar-refractivity contribution in [2.45, 2.75) is 44.6 Å². The SMILES string of the molecule is CC(=O)N1CCC(N2CC[C@H](c3nnc(Cc4c[nH]c5ccccc45)o3)C2)CC1. The molecule has 0 unspecified atom stereocenters. The van der Waals surface area contributed by atoms with Crippen LogP contribution in [0.5, 0.6) is 0 Å². The molecule has 2 aliphatic heterocycles. The first-order chi connectivity index (χ1) is 14.2. The molecular weight excluding hydrogens is 366 g/mol. The number of nitrogens with one attached hydrogen (secondary N) is 1. The summed E-state index contributed by atoms with van der Waals surface area (Å²) in [6.45, 7) is 5.44. The van der Waals surface area contributed by atoms with E-state index in [0.29, 0.717) is 24.3 Å². The van der Waals surface area contributed by atoms with Gasteiger partial charge in [0.15, 0.2) is 0 Å². The van der Waals surface area contributed by atoms with Crippen LogP contribution in [0.25, 0.3) is 10.9 Å². The molecule has 2 aliphatic rings. The lowest BCUT2D eigenvalue weighted by molar-refractivity contribution is -0.130. The molecular formula is C22H27N5O2. The predicted octanol–water partition coefficient (Wildman–Crippen LogP) is 2.94. The Bertz CT molecular complexity index is 1000. The van der Waals surface area contributed by atoms with Gasteiger partial charge in [-0.1, -0.05) is 18.2 Å². The van der Waals surface area contributed by atoms with E-state index in [-0.39, 0.29) is 5.91 Å². The zero-order chi connectivity index (χ0) is 19.8. The van der Waals surface area contributed by atoms with E-state index in [1.54, 1.807) is 6.92 Å². The molecule has 2 aromatic heterocycles. The molecule has 3 aromatic rings. The molecule has 5 rings (SSSR count). The molecule has 0 saturated carbocycles. The molecule has 1 amide bonds. The summed E-state index contributed by atoms with van der Waals surface area (Å²) in [5.41, 5.74) is 2.31. The third kappa shape index (κ3) is 3.67. The molecule has 29 heavy (non-hydrogen) atoms. The highest BCUT2D eigenvalue weighted by Gasteiger charge is 2.34. The van der Waals surface area contributed by atoms with E-state index < -0.39 is 0 Å². The number of likely N-dealkylation sites (tertiary alicyclic amines) is 2. The number of piperidine rings is 1. The lowest BCUT2D eigenvalue weighted by Crippen LogP contribution is -2.45. The summed E-state index contributed by atoms with van der Waals surface area (Å²) in [4.78, 5) is 19.3. The van der Waals surface area contributed by atoms with Crippen LogP contribution in [0.4, 0.5) is 0 Å². The fraction of sp³-hybridized carbons (Fsp3) is 0.500. The summed E-state index contributed by atoms with van der Waals surface area (Å²) in [6, 6.07) is 8.83. The third-order valence-electron chi connectivity index (χ3n) is 6.49. The number of hydrogen-bond donors (Lipinski definition) is 1. The van der Waals surface area contributed by atoms with Gasteiger partial charge in [-0.15, -0.1) is 10.2 Å². The first-order valence-electron chi connectivity index (χ1n) is 10.5. The molecule has 1 aromatic carbocycles. The van der Waals surface area contributed by atoms with Crippen LogP contribution in [0.15, 0.2) is 34.9 Å². The second-order valence-electron chi connectivity index (χ2n) is 8.29. The maximum atomic E-state index is 11.5. The Morgan fingerprint density at radius 2 is 2.00 bits per heavy atom. The van der Waals surface area contributed by atoms with E-state index in [2.05, 4.69) is 32.2 Å². The minimum Gasteiger partial charge on any atom is -0.425 e. The number of carbonyl (C=O) groups excluding carboxylic acids is 1. The maximum Gasteiger partial charge on any atom is 0.221 e. The van der Waals surface area contributed by atoms with Crippen molar-refractivity contribution in [2.24, 2.45) is 0 Å². The largest absolute Gasteiger partial charge is 0.425 e. The Labute approximate surface area is 170 Å². The number of H-pyrrole nitrogens is 1. The van der Waals surface area contributed by atoms with Crippen molar-refractivity contribution in [3.05, 3.63) is 47.8 Å². The lowest BCUT2D eigenvalue weighted by Gasteiger charge is -2.36. The Morgan fingerprint density at radius 1 is 1.17 bits per heavy atom. The molecule has 152 valence electrons. The van der Waals surface area contributed by atoms with Gasteiger partial charge in [0, 0.05) is 49.7 Å². The number of para-hydroxylation sites is 1. The zero-order valence-electron chi connectivity index (χ0n) is 16.8. The minimum absolute atomic E-state index is 0.191. The molecule has 0 radical (unpaired) electrons. The minimum atomic E-state index is 0.191. The number of aromatic amines is 1. The Kier molecular flexibility index (Phi) is 4.83. The second-order valence-corrected chi connectivity index (χ2v) is 8.29. The highest BCUT2D eigenvalue weighted by atomic mass is 16.4. The topological polar surface area (TPSA) is 78.3 Å². The molecule has 1 N–H and O–H groups in total. The van der Waals surface area contributed by atoms with Gasteiger partial charge in [-0.25, -0.2) is 0 Å². The van der Waals surface area contributed by atoms with E-state index in [0.717, 1.165) is 56.8 Å². The first kappa shape index (κ1) is 18.4. The van der Waals surface area contributed by atoms with Crippen molar-refractivity contribution in [1.29, 1.82) is 0 Å². The Hall–Kier alpha value is -2.67. The number of benzene rings is 1. The Balaban J connectivity index is 1.21. The van der Waals surface area contributed by atoms with Crippen LogP contribution >= 0.6 is 0 Å². The summed E-state index contributed by atoms with van der Waals surface area (Å²) in [5.74, 6) is 1.95. The van der Waals surface area contributed by atoms with Crippen LogP contribution in [0.3, 0.4) is 0 Å². The van der Waals surface area contributed by atoms with Crippen LogP contribution in [-0.2, 0) is 11.2 Å². The maximum absolute atomic E-state index is 11.5. The van der Waals surface area contributed by atoms with Gasteiger partial charge in [0.25, 0.3) is 0 Å². The van der Waals surface area contributed by atoms with Crippen molar-refractivity contribution in [3.63, 3.8) is 0 Å². The summed E-state index contributed by atoms with van der Waals surface area (Å²) >= 11 is 0. The van der Waals surface area contributed by atoms with Gasteiger partial charge < -0.3 is 14.3 Å². The number of rotatable bonds is 4. The third-order valence-corrected chi connectivity index (χ3v) is 6.49. The van der Waals surface area contributed by atoms with Gasteiger partial charge >= 0.3 is 0 Å². The number of amides is 1. The summed E-state index contributed by atoms with van der Waals surface area (Å²) in [7, 11) is 0. The molecule has 0 spiro atoms. The number of aromatic nitrogens is 3. The number of fused-ring (bicyclic) bond motifs is 1. The fourth-order valence-electron chi connectivity index (χ4n) is 4.81. The van der Waals surface area contributed by atoms with E-state index in [9.17, 15) is 4.79 Å². The van der Waals surface area contributed by atoms with Crippen molar-refractivity contribution in [3.8, 4) is 0 Å². The van der Waals surface area contributed by atoms with Gasteiger partial charge in [0.2, 0.25) is 17.7 Å². The molecule has 0 aliphatic carbocycles. The van der Waals surface area contributed by atoms with Crippen LogP contribution < -0.4 is 0 Å². The fourth-order valence-corrected chi connectivity index (χ4v) is 4.81. The highest BCUT2D eigenvalue weighted by molar-refractivity contribution is 5.83. The zero-order valence-corrected chi connectivity index (χ0v) is 16.8. The molecule has 4 heterocycles.